The second-order valence-corrected chi connectivity index (χ2v) is 3.84. The molecule has 0 spiro atoms. The SMILES string of the molecule is COc1c(OC(F)(F)F)ncc(I)c1CN. The zero-order chi connectivity index (χ0) is 12.3. The molecule has 16 heavy (non-hydrogen) atoms. The summed E-state index contributed by atoms with van der Waals surface area (Å²) in [5.41, 5.74) is 5.84. The fourth-order valence-electron chi connectivity index (χ4n) is 1.07. The zero-order valence-electron chi connectivity index (χ0n) is 8.14. The van der Waals surface area contributed by atoms with Gasteiger partial charge in [-0.05, 0) is 22.6 Å². The molecule has 8 heteroatoms. The molecule has 0 saturated heterocycles. The lowest BCUT2D eigenvalue weighted by molar-refractivity contribution is -0.276. The molecule has 0 saturated carbocycles. The van der Waals surface area contributed by atoms with Gasteiger partial charge in [0.05, 0.1) is 7.11 Å². The van der Waals surface area contributed by atoms with Crippen LogP contribution in [0.4, 0.5) is 13.2 Å². The summed E-state index contributed by atoms with van der Waals surface area (Å²) in [6.07, 6.45) is -3.56. The molecule has 4 nitrogen and oxygen atoms in total. The summed E-state index contributed by atoms with van der Waals surface area (Å²) in [6, 6.07) is 0. The van der Waals surface area contributed by atoms with E-state index < -0.39 is 12.2 Å². The van der Waals surface area contributed by atoms with Crippen molar-refractivity contribution in [2.45, 2.75) is 12.9 Å². The molecule has 2 N–H and O–H groups in total. The fraction of sp³-hybridized carbons (Fsp3) is 0.375. The number of nitrogens with two attached hydrogens (primary N) is 1. The van der Waals surface area contributed by atoms with Gasteiger partial charge in [-0.1, -0.05) is 0 Å². The number of pyridine rings is 1. The Labute approximate surface area is 103 Å². The average Bonchev–Trinajstić information content (AvgIpc) is 2.18. The van der Waals surface area contributed by atoms with Crippen LogP contribution in [-0.2, 0) is 6.54 Å². The van der Waals surface area contributed by atoms with Crippen LogP contribution in [-0.4, -0.2) is 18.5 Å². The van der Waals surface area contributed by atoms with E-state index >= 15 is 0 Å². The lowest BCUT2D eigenvalue weighted by Gasteiger charge is -2.14. The molecule has 0 atom stereocenters. The summed E-state index contributed by atoms with van der Waals surface area (Å²) in [7, 11) is 1.23. The van der Waals surface area contributed by atoms with Gasteiger partial charge in [0.25, 0.3) is 5.88 Å². The van der Waals surface area contributed by atoms with E-state index in [0.29, 0.717) is 9.13 Å². The van der Waals surface area contributed by atoms with Crippen molar-refractivity contribution in [2.75, 3.05) is 7.11 Å². The first-order valence-electron chi connectivity index (χ1n) is 4.06. The van der Waals surface area contributed by atoms with E-state index in [1.165, 1.54) is 13.3 Å². The van der Waals surface area contributed by atoms with Gasteiger partial charge in [-0.2, -0.15) is 0 Å². The minimum Gasteiger partial charge on any atom is -0.491 e. The molecule has 0 bridgehead atoms. The van der Waals surface area contributed by atoms with Gasteiger partial charge in [0.15, 0.2) is 5.75 Å². The summed E-state index contributed by atoms with van der Waals surface area (Å²) >= 11 is 1.90. The Morgan fingerprint density at radius 2 is 2.12 bits per heavy atom. The van der Waals surface area contributed by atoms with Gasteiger partial charge in [-0.25, -0.2) is 4.98 Å². The lowest BCUT2D eigenvalue weighted by atomic mass is 10.2. The number of nitrogens with zero attached hydrogens (tertiary/aromatic N) is 1. The molecule has 0 amide bonds. The predicted molar refractivity (Wildman–Crippen MR) is 58.1 cm³/mol. The van der Waals surface area contributed by atoms with Crippen molar-refractivity contribution in [1.82, 2.24) is 4.98 Å². The number of rotatable bonds is 3. The standard InChI is InChI=1S/C8H8F3IN2O2/c1-15-6-4(2-13)5(12)3-14-7(6)16-8(9,10)11/h3H,2,13H2,1H3. The highest BCUT2D eigenvalue weighted by Gasteiger charge is 2.34. The monoisotopic (exact) mass is 348 g/mol. The number of aromatic nitrogens is 1. The third-order valence-corrected chi connectivity index (χ3v) is 2.60. The van der Waals surface area contributed by atoms with Crippen LogP contribution in [0.5, 0.6) is 11.6 Å². The second-order valence-electron chi connectivity index (χ2n) is 2.68. The third kappa shape index (κ3) is 3.11. The Morgan fingerprint density at radius 3 is 2.56 bits per heavy atom. The molecule has 0 aromatic carbocycles. The first-order chi connectivity index (χ1) is 7.39. The van der Waals surface area contributed by atoms with Crippen LogP contribution in [0.25, 0.3) is 0 Å². The Morgan fingerprint density at radius 1 is 1.50 bits per heavy atom. The molecule has 0 aliphatic rings. The van der Waals surface area contributed by atoms with E-state index in [1.54, 1.807) is 0 Å². The molecule has 0 aliphatic heterocycles. The van der Waals surface area contributed by atoms with Crippen LogP contribution >= 0.6 is 22.6 Å². The maximum atomic E-state index is 12.0. The topological polar surface area (TPSA) is 57.4 Å². The van der Waals surface area contributed by atoms with Gasteiger partial charge < -0.3 is 15.2 Å². The first kappa shape index (κ1) is 13.3. The molecular weight excluding hydrogens is 340 g/mol. The van der Waals surface area contributed by atoms with E-state index in [1.807, 2.05) is 22.6 Å². The van der Waals surface area contributed by atoms with Crippen LogP contribution in [0.3, 0.4) is 0 Å². The van der Waals surface area contributed by atoms with Gasteiger partial charge in [0.1, 0.15) is 0 Å². The van der Waals surface area contributed by atoms with E-state index in [0.717, 1.165) is 0 Å². The van der Waals surface area contributed by atoms with Crippen LogP contribution in [0.15, 0.2) is 6.20 Å². The molecule has 0 fully saturated rings. The van der Waals surface area contributed by atoms with Crippen molar-refractivity contribution in [2.24, 2.45) is 5.73 Å². The Kier molecular flexibility index (Phi) is 4.19. The van der Waals surface area contributed by atoms with Gasteiger partial charge >= 0.3 is 6.36 Å². The van der Waals surface area contributed by atoms with Crippen molar-refractivity contribution in [3.05, 3.63) is 15.3 Å². The van der Waals surface area contributed by atoms with Crippen molar-refractivity contribution >= 4 is 22.6 Å². The first-order valence-corrected chi connectivity index (χ1v) is 5.14. The minimum atomic E-state index is -4.81. The molecule has 1 aromatic rings. The predicted octanol–water partition coefficient (Wildman–Crippen LogP) is 2.05. The quantitative estimate of drug-likeness (QED) is 0.850. The van der Waals surface area contributed by atoms with Crippen molar-refractivity contribution < 1.29 is 22.6 Å². The second kappa shape index (κ2) is 5.04. The van der Waals surface area contributed by atoms with Gasteiger partial charge in [-0.3, -0.25) is 0 Å². The number of hydrogen-bond donors (Lipinski definition) is 1. The zero-order valence-corrected chi connectivity index (χ0v) is 10.3. The smallest absolute Gasteiger partial charge is 0.491 e. The molecule has 0 aliphatic carbocycles. The van der Waals surface area contributed by atoms with Crippen LogP contribution in [0, 0.1) is 3.57 Å². The van der Waals surface area contributed by atoms with Crippen molar-refractivity contribution in [3.63, 3.8) is 0 Å². The van der Waals surface area contributed by atoms with Gasteiger partial charge in [-0.15, -0.1) is 13.2 Å². The van der Waals surface area contributed by atoms with Crippen LogP contribution < -0.4 is 15.2 Å². The number of halogens is 4. The number of ether oxygens (including phenoxy) is 2. The highest BCUT2D eigenvalue weighted by Crippen LogP contribution is 2.34. The molecule has 0 radical (unpaired) electrons. The van der Waals surface area contributed by atoms with E-state index in [4.69, 9.17) is 10.5 Å². The van der Waals surface area contributed by atoms with E-state index in [9.17, 15) is 13.2 Å². The van der Waals surface area contributed by atoms with Gasteiger partial charge in [0.2, 0.25) is 0 Å². The molecule has 1 heterocycles. The molecule has 1 aromatic heterocycles. The highest BCUT2D eigenvalue weighted by molar-refractivity contribution is 14.1. The summed E-state index contributed by atoms with van der Waals surface area (Å²) in [4.78, 5) is 3.51. The Hall–Kier alpha value is -0.770. The summed E-state index contributed by atoms with van der Waals surface area (Å²) in [5.74, 6) is -0.720. The van der Waals surface area contributed by atoms with Crippen molar-refractivity contribution in [3.8, 4) is 11.6 Å². The highest BCUT2D eigenvalue weighted by atomic mass is 127. The maximum absolute atomic E-state index is 12.0. The summed E-state index contributed by atoms with van der Waals surface area (Å²) in [6.45, 7) is 0.0399. The van der Waals surface area contributed by atoms with Gasteiger partial charge in [0, 0.05) is 21.9 Å². The molecule has 0 unspecified atom stereocenters. The number of alkyl halides is 3. The number of hydrogen-bond acceptors (Lipinski definition) is 4. The van der Waals surface area contributed by atoms with Crippen molar-refractivity contribution in [1.29, 1.82) is 0 Å². The summed E-state index contributed by atoms with van der Waals surface area (Å²) in [5, 5.41) is 0. The molecule has 1 rings (SSSR count). The minimum absolute atomic E-state index is 0.0399. The van der Waals surface area contributed by atoms with Crippen LogP contribution in [0.1, 0.15) is 5.56 Å². The molecular formula is C8H8F3IN2O2. The normalized spacial score (nSPS) is 11.4. The van der Waals surface area contributed by atoms with E-state index in [-0.39, 0.29) is 12.3 Å². The van der Waals surface area contributed by atoms with Crippen LogP contribution in [0.2, 0.25) is 0 Å². The lowest BCUT2D eigenvalue weighted by Crippen LogP contribution is -2.19. The average molecular weight is 348 g/mol. The molecule has 90 valence electrons. The van der Waals surface area contributed by atoms with E-state index in [2.05, 4.69) is 9.72 Å². The fourth-order valence-corrected chi connectivity index (χ4v) is 1.68. The Balaban J connectivity index is 3.19. The third-order valence-electron chi connectivity index (χ3n) is 1.67. The largest absolute Gasteiger partial charge is 0.574 e. The Bertz CT molecular complexity index is 384. The number of methoxy groups -OCH3 is 1. The maximum Gasteiger partial charge on any atom is 0.574 e. The summed E-state index contributed by atoms with van der Waals surface area (Å²) < 4.78 is 45.3.